The third-order valence-electron chi connectivity index (χ3n) is 5.10. The SMILES string of the molecule is C/C=C(/C=C/C=C/C(=O)OC)CO[Si](c1ccccc1)(c1ccccc1)C(C)(C)C. The van der Waals surface area contributed by atoms with Crippen molar-refractivity contribution >= 4 is 24.7 Å². The Morgan fingerprint density at radius 2 is 1.40 bits per heavy atom. The van der Waals surface area contributed by atoms with E-state index in [1.807, 2.05) is 37.3 Å². The summed E-state index contributed by atoms with van der Waals surface area (Å²) in [6.07, 6.45) is 8.92. The first-order valence-electron chi connectivity index (χ1n) is 10.2. The molecular weight excluding hydrogens is 388 g/mol. The first-order chi connectivity index (χ1) is 14.3. The van der Waals surface area contributed by atoms with E-state index in [1.54, 1.807) is 6.08 Å². The summed E-state index contributed by atoms with van der Waals surface area (Å²) in [5.41, 5.74) is 1.05. The summed E-state index contributed by atoms with van der Waals surface area (Å²) >= 11 is 0. The zero-order chi connectivity index (χ0) is 22.0. The maximum Gasteiger partial charge on any atom is 0.330 e. The Morgan fingerprint density at radius 3 is 1.83 bits per heavy atom. The van der Waals surface area contributed by atoms with Gasteiger partial charge < -0.3 is 9.16 Å². The highest BCUT2D eigenvalue weighted by molar-refractivity contribution is 6.99. The minimum Gasteiger partial charge on any atom is -0.466 e. The van der Waals surface area contributed by atoms with Gasteiger partial charge in [-0.25, -0.2) is 4.79 Å². The fourth-order valence-corrected chi connectivity index (χ4v) is 8.10. The van der Waals surface area contributed by atoms with Gasteiger partial charge in [-0.3, -0.25) is 0 Å². The van der Waals surface area contributed by atoms with Crippen LogP contribution in [0.4, 0.5) is 0 Å². The number of allylic oxidation sites excluding steroid dienone is 3. The Kier molecular flexibility index (Phi) is 8.57. The van der Waals surface area contributed by atoms with Crippen molar-refractivity contribution < 1.29 is 14.0 Å². The van der Waals surface area contributed by atoms with E-state index in [9.17, 15) is 4.79 Å². The van der Waals surface area contributed by atoms with Gasteiger partial charge in [0.05, 0.1) is 13.7 Å². The third-order valence-corrected chi connectivity index (χ3v) is 10.1. The quantitative estimate of drug-likeness (QED) is 0.266. The monoisotopic (exact) mass is 420 g/mol. The molecule has 0 unspecified atom stereocenters. The number of methoxy groups -OCH3 is 1. The number of carbonyl (C=O) groups excluding carboxylic acids is 1. The molecule has 2 rings (SSSR count). The van der Waals surface area contributed by atoms with Gasteiger partial charge in [0.1, 0.15) is 0 Å². The molecule has 30 heavy (non-hydrogen) atoms. The molecule has 158 valence electrons. The highest BCUT2D eigenvalue weighted by Gasteiger charge is 2.50. The van der Waals surface area contributed by atoms with E-state index in [0.29, 0.717) is 6.61 Å². The number of hydrogen-bond acceptors (Lipinski definition) is 3. The van der Waals surface area contributed by atoms with Crippen LogP contribution in [0.2, 0.25) is 5.04 Å². The number of carbonyl (C=O) groups is 1. The minimum absolute atomic E-state index is 0.0664. The fourth-order valence-electron chi connectivity index (χ4n) is 3.56. The van der Waals surface area contributed by atoms with Crippen LogP contribution >= 0.6 is 0 Å². The zero-order valence-corrected chi connectivity index (χ0v) is 19.6. The van der Waals surface area contributed by atoms with Crippen molar-refractivity contribution in [3.05, 3.63) is 96.6 Å². The number of esters is 1. The van der Waals surface area contributed by atoms with E-state index >= 15 is 0 Å². The number of rotatable bonds is 8. The average Bonchev–Trinajstić information content (AvgIpc) is 2.75. The van der Waals surface area contributed by atoms with Gasteiger partial charge in [0.25, 0.3) is 8.32 Å². The fraction of sp³-hybridized carbons (Fsp3) is 0.269. The van der Waals surface area contributed by atoms with Crippen LogP contribution in [0.5, 0.6) is 0 Å². The highest BCUT2D eigenvalue weighted by Crippen LogP contribution is 2.37. The second-order valence-corrected chi connectivity index (χ2v) is 12.4. The Morgan fingerprint density at radius 1 is 0.900 bits per heavy atom. The lowest BCUT2D eigenvalue weighted by atomic mass is 10.2. The molecule has 0 spiro atoms. The molecule has 0 aliphatic rings. The van der Waals surface area contributed by atoms with Crippen LogP contribution < -0.4 is 10.4 Å². The lowest BCUT2D eigenvalue weighted by molar-refractivity contribution is -0.134. The Balaban J connectivity index is 2.40. The van der Waals surface area contributed by atoms with E-state index in [0.717, 1.165) is 5.57 Å². The summed E-state index contributed by atoms with van der Waals surface area (Å²) in [7, 11) is -1.20. The molecule has 0 saturated heterocycles. The number of ether oxygens (including phenoxy) is 1. The predicted molar refractivity (Wildman–Crippen MR) is 128 cm³/mol. The van der Waals surface area contributed by atoms with Gasteiger partial charge in [0, 0.05) is 6.08 Å². The number of hydrogen-bond donors (Lipinski definition) is 0. The molecular formula is C26H32O3Si. The maximum absolute atomic E-state index is 11.2. The van der Waals surface area contributed by atoms with Crippen LogP contribution in [-0.4, -0.2) is 28.0 Å². The van der Waals surface area contributed by atoms with E-state index in [-0.39, 0.29) is 11.0 Å². The molecule has 0 saturated carbocycles. The third kappa shape index (κ3) is 5.68. The van der Waals surface area contributed by atoms with Crippen LogP contribution in [0.3, 0.4) is 0 Å². The summed E-state index contributed by atoms with van der Waals surface area (Å²) in [5, 5.41) is 2.45. The van der Waals surface area contributed by atoms with Crippen molar-refractivity contribution in [2.24, 2.45) is 0 Å². The van der Waals surface area contributed by atoms with E-state index in [2.05, 4.69) is 74.0 Å². The molecule has 0 atom stereocenters. The van der Waals surface area contributed by atoms with Gasteiger partial charge in [-0.1, -0.05) is 106 Å². The van der Waals surface area contributed by atoms with E-state index in [4.69, 9.17) is 4.43 Å². The molecule has 2 aromatic carbocycles. The summed E-state index contributed by atoms with van der Waals surface area (Å²) in [6, 6.07) is 21.2. The van der Waals surface area contributed by atoms with Crippen LogP contribution in [0.1, 0.15) is 27.7 Å². The second-order valence-electron chi connectivity index (χ2n) is 8.06. The number of benzene rings is 2. The molecule has 2 aromatic rings. The summed E-state index contributed by atoms with van der Waals surface area (Å²) in [6.45, 7) is 9.29. The lowest BCUT2D eigenvalue weighted by Crippen LogP contribution is -2.66. The topological polar surface area (TPSA) is 35.5 Å². The van der Waals surface area contributed by atoms with Crippen molar-refractivity contribution in [1.29, 1.82) is 0 Å². The van der Waals surface area contributed by atoms with Crippen molar-refractivity contribution in [2.75, 3.05) is 13.7 Å². The molecule has 3 nitrogen and oxygen atoms in total. The molecule has 0 N–H and O–H groups in total. The molecule has 0 aromatic heterocycles. The van der Waals surface area contributed by atoms with Gasteiger partial charge in [-0.05, 0) is 27.9 Å². The van der Waals surface area contributed by atoms with Crippen LogP contribution in [-0.2, 0) is 14.0 Å². The van der Waals surface area contributed by atoms with Gasteiger partial charge in [-0.2, -0.15) is 0 Å². The molecule has 4 heteroatoms. The minimum atomic E-state index is -2.57. The van der Waals surface area contributed by atoms with Gasteiger partial charge in [-0.15, -0.1) is 0 Å². The summed E-state index contributed by atoms with van der Waals surface area (Å²) in [4.78, 5) is 11.2. The lowest BCUT2D eigenvalue weighted by Gasteiger charge is -2.43. The van der Waals surface area contributed by atoms with Crippen molar-refractivity contribution in [3.8, 4) is 0 Å². The molecule has 0 radical (unpaired) electrons. The predicted octanol–water partition coefficient (Wildman–Crippen LogP) is 4.79. The molecule has 0 aliphatic carbocycles. The van der Waals surface area contributed by atoms with Gasteiger partial charge >= 0.3 is 5.97 Å². The highest BCUT2D eigenvalue weighted by atomic mass is 28.4. The molecule has 0 bridgehead atoms. The average molecular weight is 421 g/mol. The van der Waals surface area contributed by atoms with E-state index < -0.39 is 8.32 Å². The van der Waals surface area contributed by atoms with Crippen molar-refractivity contribution in [3.63, 3.8) is 0 Å². The van der Waals surface area contributed by atoms with Crippen LogP contribution in [0, 0.1) is 0 Å². The van der Waals surface area contributed by atoms with E-state index in [1.165, 1.54) is 23.6 Å². The first kappa shape index (κ1) is 23.6. The van der Waals surface area contributed by atoms with Gasteiger partial charge in [0.2, 0.25) is 0 Å². The van der Waals surface area contributed by atoms with Gasteiger partial charge in [0.15, 0.2) is 0 Å². The second kappa shape index (κ2) is 10.9. The summed E-state index contributed by atoms with van der Waals surface area (Å²) < 4.78 is 11.5. The smallest absolute Gasteiger partial charge is 0.330 e. The van der Waals surface area contributed by atoms with Crippen molar-refractivity contribution in [1.82, 2.24) is 0 Å². The van der Waals surface area contributed by atoms with Crippen LogP contribution in [0.15, 0.2) is 96.6 Å². The Hall–Kier alpha value is -2.69. The van der Waals surface area contributed by atoms with Crippen LogP contribution in [0.25, 0.3) is 0 Å². The standard InChI is InChI=1S/C26H32O3Si/c1-6-22(15-13-14-20-25(27)28-5)21-29-30(26(2,3)4,23-16-9-7-10-17-23)24-18-11-8-12-19-24/h6-20H,21H2,1-5H3/b15-13+,20-14+,22-6-. The Labute approximate surface area is 181 Å². The Bertz CT molecular complexity index is 851. The molecule has 0 fully saturated rings. The molecule has 0 amide bonds. The maximum atomic E-state index is 11.2. The van der Waals surface area contributed by atoms with Crippen molar-refractivity contribution in [2.45, 2.75) is 32.7 Å². The zero-order valence-electron chi connectivity index (χ0n) is 18.6. The normalized spacial score (nSPS) is 13.2. The molecule has 0 heterocycles. The summed E-state index contributed by atoms with van der Waals surface area (Å²) in [5.74, 6) is -0.370. The molecule has 0 aliphatic heterocycles. The first-order valence-corrected chi connectivity index (χ1v) is 12.1. The largest absolute Gasteiger partial charge is 0.466 e.